The molecule has 74 valence electrons. The molecule has 0 saturated carbocycles. The SMILES string of the molecule is C#CCC(C)Nc1nc(Cl)nnc1Cl. The Morgan fingerprint density at radius 3 is 2.86 bits per heavy atom. The lowest BCUT2D eigenvalue weighted by Gasteiger charge is -2.11. The first-order chi connectivity index (χ1) is 6.63. The van der Waals surface area contributed by atoms with E-state index in [-0.39, 0.29) is 16.5 Å². The lowest BCUT2D eigenvalue weighted by Crippen LogP contribution is -2.16. The number of hydrogen-bond acceptors (Lipinski definition) is 4. The van der Waals surface area contributed by atoms with Crippen LogP contribution in [-0.4, -0.2) is 21.2 Å². The first-order valence-electron chi connectivity index (χ1n) is 3.89. The monoisotopic (exact) mass is 230 g/mol. The van der Waals surface area contributed by atoms with Gasteiger partial charge in [-0.2, -0.15) is 4.98 Å². The Hall–Kier alpha value is -1.05. The number of terminal acetylenes is 1. The molecule has 0 spiro atoms. The van der Waals surface area contributed by atoms with Gasteiger partial charge in [-0.25, -0.2) is 0 Å². The van der Waals surface area contributed by atoms with Crippen molar-refractivity contribution in [2.24, 2.45) is 0 Å². The van der Waals surface area contributed by atoms with E-state index in [0.717, 1.165) is 0 Å². The Labute approximate surface area is 92.0 Å². The molecule has 0 aromatic carbocycles. The first kappa shape index (κ1) is 11.0. The van der Waals surface area contributed by atoms with Gasteiger partial charge in [0, 0.05) is 12.5 Å². The van der Waals surface area contributed by atoms with E-state index in [1.54, 1.807) is 0 Å². The third-order valence-electron chi connectivity index (χ3n) is 1.43. The van der Waals surface area contributed by atoms with Gasteiger partial charge >= 0.3 is 0 Å². The quantitative estimate of drug-likeness (QED) is 0.808. The van der Waals surface area contributed by atoms with E-state index in [1.807, 2.05) is 6.92 Å². The van der Waals surface area contributed by atoms with Crippen LogP contribution in [0.4, 0.5) is 5.82 Å². The van der Waals surface area contributed by atoms with Crippen LogP contribution in [-0.2, 0) is 0 Å². The Balaban J connectivity index is 2.76. The highest BCUT2D eigenvalue weighted by molar-refractivity contribution is 6.32. The van der Waals surface area contributed by atoms with E-state index >= 15 is 0 Å². The van der Waals surface area contributed by atoms with Crippen molar-refractivity contribution >= 4 is 29.0 Å². The minimum Gasteiger partial charge on any atom is -0.364 e. The van der Waals surface area contributed by atoms with Crippen LogP contribution < -0.4 is 5.32 Å². The van der Waals surface area contributed by atoms with Crippen LogP contribution in [0.5, 0.6) is 0 Å². The highest BCUT2D eigenvalue weighted by atomic mass is 35.5. The van der Waals surface area contributed by atoms with Gasteiger partial charge in [0.1, 0.15) is 0 Å². The number of rotatable bonds is 3. The molecule has 14 heavy (non-hydrogen) atoms. The molecular weight excluding hydrogens is 223 g/mol. The van der Waals surface area contributed by atoms with Gasteiger partial charge in [0.15, 0.2) is 11.0 Å². The smallest absolute Gasteiger partial charge is 0.245 e. The average molecular weight is 231 g/mol. The van der Waals surface area contributed by atoms with E-state index in [0.29, 0.717) is 12.2 Å². The molecule has 1 unspecified atom stereocenters. The summed E-state index contributed by atoms with van der Waals surface area (Å²) in [6, 6.07) is 0.0604. The third-order valence-corrected chi connectivity index (χ3v) is 1.84. The Morgan fingerprint density at radius 2 is 2.21 bits per heavy atom. The molecule has 1 N–H and O–H groups in total. The summed E-state index contributed by atoms with van der Waals surface area (Å²) >= 11 is 11.3. The van der Waals surface area contributed by atoms with Crippen LogP contribution in [0, 0.1) is 12.3 Å². The second-order valence-electron chi connectivity index (χ2n) is 2.67. The molecule has 0 amide bonds. The molecule has 0 aliphatic rings. The highest BCUT2D eigenvalue weighted by Gasteiger charge is 2.08. The van der Waals surface area contributed by atoms with Gasteiger partial charge in [-0.1, -0.05) is 11.6 Å². The van der Waals surface area contributed by atoms with E-state index in [4.69, 9.17) is 29.6 Å². The average Bonchev–Trinajstić information content (AvgIpc) is 2.12. The van der Waals surface area contributed by atoms with Gasteiger partial charge in [-0.15, -0.1) is 22.5 Å². The van der Waals surface area contributed by atoms with Crippen molar-refractivity contribution in [1.29, 1.82) is 0 Å². The summed E-state index contributed by atoms with van der Waals surface area (Å²) in [5.74, 6) is 2.92. The minimum atomic E-state index is 0.0461. The van der Waals surface area contributed by atoms with E-state index in [2.05, 4.69) is 26.4 Å². The van der Waals surface area contributed by atoms with Crippen molar-refractivity contribution in [3.8, 4) is 12.3 Å². The van der Waals surface area contributed by atoms with Crippen LogP contribution in [0.25, 0.3) is 0 Å². The van der Waals surface area contributed by atoms with Crippen molar-refractivity contribution < 1.29 is 0 Å². The van der Waals surface area contributed by atoms with Crippen molar-refractivity contribution in [2.75, 3.05) is 5.32 Å². The normalized spacial score (nSPS) is 11.9. The maximum atomic E-state index is 5.73. The van der Waals surface area contributed by atoms with E-state index in [9.17, 15) is 0 Å². The van der Waals surface area contributed by atoms with Crippen LogP contribution in [0.15, 0.2) is 0 Å². The van der Waals surface area contributed by atoms with Crippen molar-refractivity contribution in [1.82, 2.24) is 15.2 Å². The van der Waals surface area contributed by atoms with Gasteiger partial charge in [0.25, 0.3) is 0 Å². The number of halogens is 2. The Bertz CT molecular complexity index is 361. The van der Waals surface area contributed by atoms with Gasteiger partial charge in [0.2, 0.25) is 5.28 Å². The Kier molecular flexibility index (Phi) is 3.93. The molecular formula is C8H8Cl2N4. The van der Waals surface area contributed by atoms with Crippen LogP contribution in [0.1, 0.15) is 13.3 Å². The summed E-state index contributed by atoms with van der Waals surface area (Å²) in [6.07, 6.45) is 5.72. The molecule has 1 heterocycles. The zero-order chi connectivity index (χ0) is 10.6. The summed E-state index contributed by atoms with van der Waals surface area (Å²) in [5, 5.41) is 10.3. The fourth-order valence-electron chi connectivity index (χ4n) is 0.846. The maximum Gasteiger partial charge on any atom is 0.245 e. The number of hydrogen-bond donors (Lipinski definition) is 1. The number of aromatic nitrogens is 3. The molecule has 0 radical (unpaired) electrons. The number of anilines is 1. The van der Waals surface area contributed by atoms with Crippen LogP contribution in [0.2, 0.25) is 10.4 Å². The molecule has 1 rings (SSSR count). The topological polar surface area (TPSA) is 50.7 Å². The van der Waals surface area contributed by atoms with Crippen molar-refractivity contribution in [2.45, 2.75) is 19.4 Å². The molecule has 1 aromatic heterocycles. The summed E-state index contributed by atoms with van der Waals surface area (Å²) in [5.41, 5.74) is 0. The third kappa shape index (κ3) is 3.02. The zero-order valence-electron chi connectivity index (χ0n) is 7.46. The lowest BCUT2D eigenvalue weighted by molar-refractivity contribution is 0.813. The summed E-state index contributed by atoms with van der Waals surface area (Å²) in [4.78, 5) is 3.88. The molecule has 1 aromatic rings. The summed E-state index contributed by atoms with van der Waals surface area (Å²) in [7, 11) is 0. The highest BCUT2D eigenvalue weighted by Crippen LogP contribution is 2.17. The predicted octanol–water partition coefficient (Wildman–Crippen LogP) is 2.00. The molecule has 0 bridgehead atoms. The molecule has 0 saturated heterocycles. The van der Waals surface area contributed by atoms with Crippen molar-refractivity contribution in [3.63, 3.8) is 0 Å². The van der Waals surface area contributed by atoms with E-state index in [1.165, 1.54) is 0 Å². The fraction of sp³-hybridized carbons (Fsp3) is 0.375. The molecule has 0 aliphatic carbocycles. The molecule has 0 aliphatic heterocycles. The maximum absolute atomic E-state index is 5.73. The van der Waals surface area contributed by atoms with Gasteiger partial charge < -0.3 is 5.32 Å². The van der Waals surface area contributed by atoms with E-state index < -0.39 is 0 Å². The standard InChI is InChI=1S/C8H8Cl2N4/c1-3-4-5(2)11-7-6(9)13-14-8(10)12-7/h1,5H,4H2,2H3,(H,11,12,14). The molecule has 4 nitrogen and oxygen atoms in total. The van der Waals surface area contributed by atoms with Gasteiger partial charge in [0.05, 0.1) is 0 Å². The number of nitrogens with zero attached hydrogens (tertiary/aromatic N) is 3. The minimum absolute atomic E-state index is 0.0461. The predicted molar refractivity (Wildman–Crippen MR) is 56.4 cm³/mol. The first-order valence-corrected chi connectivity index (χ1v) is 4.64. The van der Waals surface area contributed by atoms with Crippen molar-refractivity contribution in [3.05, 3.63) is 10.4 Å². The summed E-state index contributed by atoms with van der Waals surface area (Å²) in [6.45, 7) is 1.91. The largest absolute Gasteiger partial charge is 0.364 e. The molecule has 0 fully saturated rings. The van der Waals surface area contributed by atoms with Crippen LogP contribution in [0.3, 0.4) is 0 Å². The van der Waals surface area contributed by atoms with Gasteiger partial charge in [-0.3, -0.25) is 0 Å². The second-order valence-corrected chi connectivity index (χ2v) is 3.37. The molecule has 6 heteroatoms. The number of nitrogens with one attached hydrogen (secondary N) is 1. The van der Waals surface area contributed by atoms with Crippen LogP contribution >= 0.6 is 23.2 Å². The van der Waals surface area contributed by atoms with Gasteiger partial charge in [-0.05, 0) is 18.5 Å². The summed E-state index contributed by atoms with van der Waals surface area (Å²) < 4.78 is 0. The lowest BCUT2D eigenvalue weighted by atomic mass is 10.2. The fourth-order valence-corrected chi connectivity index (χ4v) is 1.10. The molecule has 1 atom stereocenters. The second kappa shape index (κ2) is 4.99. The Morgan fingerprint density at radius 1 is 1.50 bits per heavy atom. The zero-order valence-corrected chi connectivity index (χ0v) is 8.97.